The molecule has 0 heterocycles. The highest BCUT2D eigenvalue weighted by Crippen LogP contribution is 2.32. The lowest BCUT2D eigenvalue weighted by molar-refractivity contribution is 0.177. The van der Waals surface area contributed by atoms with Crippen LogP contribution in [0.4, 0.5) is 0 Å². The number of aryl methyl sites for hydroxylation is 1. The zero-order valence-electron chi connectivity index (χ0n) is 10.6. The molecule has 2 aromatic carbocycles. The van der Waals surface area contributed by atoms with E-state index >= 15 is 0 Å². The van der Waals surface area contributed by atoms with Crippen molar-refractivity contribution < 1.29 is 5.11 Å². The van der Waals surface area contributed by atoms with Gasteiger partial charge in [0.1, 0.15) is 0 Å². The molecule has 1 nitrogen and oxygen atoms in total. The van der Waals surface area contributed by atoms with E-state index < -0.39 is 6.10 Å². The third-order valence-corrected chi connectivity index (χ3v) is 5.33. The fourth-order valence-electron chi connectivity index (χ4n) is 1.92. The first-order chi connectivity index (χ1) is 9.38. The maximum atomic E-state index is 10.4. The number of rotatable bonds is 3. The fourth-order valence-corrected chi connectivity index (χ4v) is 3.32. The van der Waals surface area contributed by atoms with E-state index in [1.54, 1.807) is 12.1 Å². The molecular weight excluding hydrogens is 427 g/mol. The highest BCUT2D eigenvalue weighted by atomic mass is 79.9. The van der Waals surface area contributed by atoms with Crippen LogP contribution < -0.4 is 0 Å². The molecule has 0 aliphatic heterocycles. The summed E-state index contributed by atoms with van der Waals surface area (Å²) in [5, 5.41) is 11.4. The van der Waals surface area contributed by atoms with Crippen LogP contribution in [0.2, 0.25) is 10.0 Å². The molecule has 0 aliphatic rings. The molecule has 106 valence electrons. The maximum absolute atomic E-state index is 10.4. The average Bonchev–Trinajstić information content (AvgIpc) is 2.38. The number of aliphatic hydroxyl groups is 1. The molecule has 2 aromatic rings. The Balaban J connectivity index is 2.25. The smallest absolute Gasteiger partial charge is 0.0841 e. The van der Waals surface area contributed by atoms with Gasteiger partial charge < -0.3 is 5.11 Å². The second-order valence-corrected chi connectivity index (χ2v) is 7.11. The molecule has 0 spiro atoms. The second kappa shape index (κ2) is 6.80. The first-order valence-electron chi connectivity index (χ1n) is 5.96. The number of halogens is 4. The Morgan fingerprint density at radius 2 is 1.75 bits per heavy atom. The van der Waals surface area contributed by atoms with Gasteiger partial charge in [0.2, 0.25) is 0 Å². The zero-order valence-corrected chi connectivity index (χ0v) is 15.3. The standard InChI is InChI=1S/C15H12Br2Cl2O/c1-8-4-12(17)10(7-11(8)16)15(20)6-9-2-3-13(18)14(19)5-9/h2-5,7,15,20H,6H2,1H3. The second-order valence-electron chi connectivity index (χ2n) is 4.59. The molecule has 5 heteroatoms. The van der Waals surface area contributed by atoms with E-state index in [4.69, 9.17) is 23.2 Å². The van der Waals surface area contributed by atoms with Gasteiger partial charge in [-0.1, -0.05) is 61.1 Å². The Labute approximate surface area is 145 Å². The molecule has 1 atom stereocenters. The molecule has 0 radical (unpaired) electrons. The molecule has 20 heavy (non-hydrogen) atoms. The highest BCUT2D eigenvalue weighted by molar-refractivity contribution is 9.11. The lowest BCUT2D eigenvalue weighted by Crippen LogP contribution is -2.03. The Kier molecular flexibility index (Phi) is 5.55. The van der Waals surface area contributed by atoms with Crippen molar-refractivity contribution in [2.24, 2.45) is 0 Å². The SMILES string of the molecule is Cc1cc(Br)c(C(O)Cc2ccc(Cl)c(Cl)c2)cc1Br. The lowest BCUT2D eigenvalue weighted by atomic mass is 10.0. The summed E-state index contributed by atoms with van der Waals surface area (Å²) in [5.41, 5.74) is 2.89. The van der Waals surface area contributed by atoms with Crippen LogP contribution >= 0.6 is 55.1 Å². The van der Waals surface area contributed by atoms with Gasteiger partial charge in [-0.25, -0.2) is 0 Å². The normalized spacial score (nSPS) is 12.5. The van der Waals surface area contributed by atoms with Gasteiger partial charge in [-0.15, -0.1) is 0 Å². The molecule has 0 fully saturated rings. The Hall–Kier alpha value is -0.0600. The molecular formula is C15H12Br2Cl2O. The number of hydrogen-bond acceptors (Lipinski definition) is 1. The topological polar surface area (TPSA) is 20.2 Å². The van der Waals surface area contributed by atoms with Crippen LogP contribution in [0.5, 0.6) is 0 Å². The van der Waals surface area contributed by atoms with Crippen molar-refractivity contribution in [2.45, 2.75) is 19.4 Å². The number of aliphatic hydroxyl groups excluding tert-OH is 1. The summed E-state index contributed by atoms with van der Waals surface area (Å²) < 4.78 is 1.87. The number of benzene rings is 2. The largest absolute Gasteiger partial charge is 0.388 e. The Morgan fingerprint density at radius 3 is 2.40 bits per heavy atom. The molecule has 1 unspecified atom stereocenters. The summed E-state index contributed by atoms with van der Waals surface area (Å²) in [4.78, 5) is 0. The maximum Gasteiger partial charge on any atom is 0.0841 e. The molecule has 0 saturated heterocycles. The van der Waals surface area contributed by atoms with Crippen molar-refractivity contribution >= 4 is 55.1 Å². The summed E-state index contributed by atoms with van der Waals surface area (Å²) in [5.74, 6) is 0. The predicted octanol–water partition coefficient (Wildman–Crippen LogP) is 6.10. The third-order valence-electron chi connectivity index (χ3n) is 3.05. The van der Waals surface area contributed by atoms with E-state index in [1.807, 2.05) is 25.1 Å². The Bertz CT molecular complexity index is 644. The van der Waals surface area contributed by atoms with Gasteiger partial charge in [-0.2, -0.15) is 0 Å². The number of hydrogen-bond donors (Lipinski definition) is 1. The third kappa shape index (κ3) is 3.77. The molecule has 1 N–H and O–H groups in total. The van der Waals surface area contributed by atoms with Crippen molar-refractivity contribution in [1.82, 2.24) is 0 Å². The van der Waals surface area contributed by atoms with Gasteiger partial charge in [0.25, 0.3) is 0 Å². The van der Waals surface area contributed by atoms with E-state index in [9.17, 15) is 5.11 Å². The van der Waals surface area contributed by atoms with Crippen molar-refractivity contribution in [3.8, 4) is 0 Å². The van der Waals surface area contributed by atoms with E-state index in [0.717, 1.165) is 25.6 Å². The van der Waals surface area contributed by atoms with E-state index in [0.29, 0.717) is 16.5 Å². The molecule has 0 amide bonds. The van der Waals surface area contributed by atoms with Crippen molar-refractivity contribution in [3.63, 3.8) is 0 Å². The van der Waals surface area contributed by atoms with Crippen LogP contribution in [0.3, 0.4) is 0 Å². The van der Waals surface area contributed by atoms with E-state index in [1.165, 1.54) is 0 Å². The van der Waals surface area contributed by atoms with Crippen LogP contribution in [-0.2, 0) is 6.42 Å². The predicted molar refractivity (Wildman–Crippen MR) is 91.7 cm³/mol. The minimum absolute atomic E-state index is 0.477. The quantitative estimate of drug-likeness (QED) is 0.613. The van der Waals surface area contributed by atoms with Crippen LogP contribution in [0, 0.1) is 6.92 Å². The summed E-state index contributed by atoms with van der Waals surface area (Å²) in [6, 6.07) is 9.31. The highest BCUT2D eigenvalue weighted by Gasteiger charge is 2.14. The molecule has 0 bridgehead atoms. The van der Waals surface area contributed by atoms with Gasteiger partial charge in [0.05, 0.1) is 16.1 Å². The minimum atomic E-state index is -0.612. The summed E-state index contributed by atoms with van der Waals surface area (Å²) in [7, 11) is 0. The summed E-state index contributed by atoms with van der Waals surface area (Å²) in [6.07, 6.45) is -0.135. The van der Waals surface area contributed by atoms with Crippen molar-refractivity contribution in [2.75, 3.05) is 0 Å². The van der Waals surface area contributed by atoms with Crippen LogP contribution in [0.25, 0.3) is 0 Å². The van der Waals surface area contributed by atoms with Crippen LogP contribution in [0.1, 0.15) is 22.8 Å². The first kappa shape index (κ1) is 16.3. The van der Waals surface area contributed by atoms with Crippen LogP contribution in [0.15, 0.2) is 39.3 Å². The summed E-state index contributed by atoms with van der Waals surface area (Å²) in [6.45, 7) is 2.00. The van der Waals surface area contributed by atoms with Crippen molar-refractivity contribution in [1.29, 1.82) is 0 Å². The van der Waals surface area contributed by atoms with Gasteiger partial charge in [-0.3, -0.25) is 0 Å². The van der Waals surface area contributed by atoms with Gasteiger partial charge in [0, 0.05) is 15.4 Å². The minimum Gasteiger partial charge on any atom is -0.388 e. The van der Waals surface area contributed by atoms with E-state index in [-0.39, 0.29) is 0 Å². The monoisotopic (exact) mass is 436 g/mol. The fraction of sp³-hybridized carbons (Fsp3) is 0.200. The zero-order chi connectivity index (χ0) is 14.9. The first-order valence-corrected chi connectivity index (χ1v) is 8.30. The van der Waals surface area contributed by atoms with Crippen LogP contribution in [-0.4, -0.2) is 5.11 Å². The van der Waals surface area contributed by atoms with Gasteiger partial charge in [-0.05, 0) is 47.9 Å². The van der Waals surface area contributed by atoms with E-state index in [2.05, 4.69) is 31.9 Å². The molecule has 0 saturated carbocycles. The van der Waals surface area contributed by atoms with Gasteiger partial charge >= 0.3 is 0 Å². The van der Waals surface area contributed by atoms with Crippen molar-refractivity contribution in [3.05, 3.63) is 66.0 Å². The Morgan fingerprint density at radius 1 is 1.05 bits per heavy atom. The lowest BCUT2D eigenvalue weighted by Gasteiger charge is -2.15. The van der Waals surface area contributed by atoms with Gasteiger partial charge in [0.15, 0.2) is 0 Å². The molecule has 2 rings (SSSR count). The summed E-state index contributed by atoms with van der Waals surface area (Å²) >= 11 is 18.9. The average molecular weight is 439 g/mol. The molecule has 0 aromatic heterocycles. The molecule has 0 aliphatic carbocycles.